The highest BCUT2D eigenvalue weighted by Crippen LogP contribution is 2.41. The lowest BCUT2D eigenvalue weighted by Crippen LogP contribution is -2.37. The van der Waals surface area contributed by atoms with E-state index in [4.69, 9.17) is 14.5 Å². The van der Waals surface area contributed by atoms with Gasteiger partial charge in [-0.1, -0.05) is 92.7 Å². The van der Waals surface area contributed by atoms with Gasteiger partial charge in [-0.2, -0.15) is 0 Å². The van der Waals surface area contributed by atoms with Crippen molar-refractivity contribution >= 4 is 40.8 Å². The standard InChI is InChI=1S/C30H33N2O2P/c1-21(2)27-30(3,4)34-28(31-27)26-24-18-12-13-19-25(24)32(20-33-5)29(26)35(22-14-8-6-9-15-22)23-16-10-7-11-17-23/h6-19,21,27H,20H2,1-5H3/t27-/m0/s1. The predicted octanol–water partition coefficient (Wildman–Crippen LogP) is 5.58. The predicted molar refractivity (Wildman–Crippen MR) is 148 cm³/mol. The first kappa shape index (κ1) is 23.8. The van der Waals surface area contributed by atoms with E-state index in [0.717, 1.165) is 22.4 Å². The summed E-state index contributed by atoms with van der Waals surface area (Å²) in [6.07, 6.45) is 0. The minimum absolute atomic E-state index is 0.0922. The van der Waals surface area contributed by atoms with Crippen molar-refractivity contribution in [1.82, 2.24) is 4.57 Å². The van der Waals surface area contributed by atoms with Gasteiger partial charge in [-0.25, -0.2) is 4.99 Å². The molecule has 0 fully saturated rings. The lowest BCUT2D eigenvalue weighted by Gasteiger charge is -2.27. The Kier molecular flexibility index (Phi) is 6.53. The van der Waals surface area contributed by atoms with Crippen LogP contribution in [0.4, 0.5) is 0 Å². The highest BCUT2D eigenvalue weighted by molar-refractivity contribution is 7.79. The Morgan fingerprint density at radius 3 is 2.03 bits per heavy atom. The highest BCUT2D eigenvalue weighted by Gasteiger charge is 2.43. The Morgan fingerprint density at radius 2 is 1.49 bits per heavy atom. The summed E-state index contributed by atoms with van der Waals surface area (Å²) in [7, 11) is 0.857. The van der Waals surface area contributed by atoms with Gasteiger partial charge in [0, 0.05) is 20.4 Å². The minimum atomic E-state index is -0.900. The fourth-order valence-corrected chi connectivity index (χ4v) is 7.80. The van der Waals surface area contributed by atoms with Gasteiger partial charge in [0.2, 0.25) is 5.90 Å². The third kappa shape index (κ3) is 4.30. The zero-order valence-corrected chi connectivity index (χ0v) is 22.0. The van der Waals surface area contributed by atoms with Gasteiger partial charge in [0.05, 0.1) is 22.6 Å². The van der Waals surface area contributed by atoms with E-state index in [1.807, 2.05) is 0 Å². The Balaban J connectivity index is 1.85. The number of para-hydroxylation sites is 1. The van der Waals surface area contributed by atoms with E-state index in [0.29, 0.717) is 12.6 Å². The second kappa shape index (κ2) is 9.60. The van der Waals surface area contributed by atoms with Gasteiger partial charge in [-0.05, 0) is 36.4 Å². The van der Waals surface area contributed by atoms with Crippen molar-refractivity contribution in [3.05, 3.63) is 90.5 Å². The van der Waals surface area contributed by atoms with Gasteiger partial charge in [0.15, 0.2) is 0 Å². The van der Waals surface area contributed by atoms with Crippen LogP contribution in [0.3, 0.4) is 0 Å². The molecule has 35 heavy (non-hydrogen) atoms. The Labute approximate surface area is 209 Å². The van der Waals surface area contributed by atoms with Crippen molar-refractivity contribution in [2.24, 2.45) is 10.9 Å². The summed E-state index contributed by atoms with van der Waals surface area (Å²) < 4.78 is 14.8. The Hall–Kier alpha value is -2.94. The van der Waals surface area contributed by atoms with Crippen LogP contribution in [0.15, 0.2) is 89.9 Å². The van der Waals surface area contributed by atoms with Crippen molar-refractivity contribution in [1.29, 1.82) is 0 Å². The van der Waals surface area contributed by atoms with Crippen LogP contribution in [0, 0.1) is 5.92 Å². The second-order valence-corrected chi connectivity index (χ2v) is 12.0. The Morgan fingerprint density at radius 1 is 0.914 bits per heavy atom. The maximum Gasteiger partial charge on any atom is 0.220 e. The molecular weight excluding hydrogens is 451 g/mol. The lowest BCUT2D eigenvalue weighted by atomic mass is 9.90. The first-order valence-corrected chi connectivity index (χ1v) is 13.5. The van der Waals surface area contributed by atoms with E-state index in [-0.39, 0.29) is 11.6 Å². The maximum atomic E-state index is 6.68. The van der Waals surface area contributed by atoms with Crippen LogP contribution in [0.2, 0.25) is 0 Å². The van der Waals surface area contributed by atoms with Crippen molar-refractivity contribution in [3.63, 3.8) is 0 Å². The Bertz CT molecular complexity index is 1300. The molecule has 4 nitrogen and oxygen atoms in total. The summed E-state index contributed by atoms with van der Waals surface area (Å²) in [6, 6.07) is 30.2. The molecule has 0 unspecified atom stereocenters. The number of hydrogen-bond donors (Lipinski definition) is 0. The van der Waals surface area contributed by atoms with Gasteiger partial charge in [-0.15, -0.1) is 0 Å². The minimum Gasteiger partial charge on any atom is -0.469 e. The molecule has 0 aliphatic carbocycles. The molecule has 0 amide bonds. The lowest BCUT2D eigenvalue weighted by molar-refractivity contribution is 0.0814. The summed E-state index contributed by atoms with van der Waals surface area (Å²) in [5.74, 6) is 1.12. The van der Waals surface area contributed by atoms with Gasteiger partial charge in [0.1, 0.15) is 12.3 Å². The molecule has 2 heterocycles. The van der Waals surface area contributed by atoms with Crippen molar-refractivity contribution in [3.8, 4) is 0 Å². The average Bonchev–Trinajstić information content (AvgIpc) is 3.35. The first-order chi connectivity index (χ1) is 16.9. The van der Waals surface area contributed by atoms with Crippen molar-refractivity contribution < 1.29 is 9.47 Å². The van der Waals surface area contributed by atoms with Crippen LogP contribution in [0.1, 0.15) is 33.3 Å². The third-order valence-electron chi connectivity index (χ3n) is 6.62. The topological polar surface area (TPSA) is 35.8 Å². The number of hydrogen-bond acceptors (Lipinski definition) is 3. The van der Waals surface area contributed by atoms with E-state index in [1.54, 1.807) is 7.11 Å². The molecule has 0 bridgehead atoms. The molecule has 5 rings (SSSR count). The summed E-state index contributed by atoms with van der Waals surface area (Å²) in [4.78, 5) is 5.22. The van der Waals surface area contributed by atoms with Gasteiger partial charge >= 0.3 is 0 Å². The molecule has 0 radical (unpaired) electrons. The van der Waals surface area contributed by atoms with Crippen molar-refractivity contribution in [2.75, 3.05) is 7.11 Å². The van der Waals surface area contributed by atoms with E-state index < -0.39 is 7.92 Å². The number of nitrogens with zero attached hydrogens (tertiary/aromatic N) is 2. The molecule has 1 aliphatic heterocycles. The van der Waals surface area contributed by atoms with Crippen molar-refractivity contribution in [2.45, 2.75) is 46.1 Å². The zero-order chi connectivity index (χ0) is 24.6. The van der Waals surface area contributed by atoms with E-state index in [9.17, 15) is 0 Å². The monoisotopic (exact) mass is 484 g/mol. The van der Waals surface area contributed by atoms with Crippen LogP contribution < -0.4 is 16.0 Å². The molecule has 4 aromatic rings. The molecular formula is C30H33N2O2P. The molecule has 0 saturated carbocycles. The van der Waals surface area contributed by atoms with E-state index in [1.165, 1.54) is 16.0 Å². The normalized spacial score (nSPS) is 17.2. The summed E-state index contributed by atoms with van der Waals surface area (Å²) in [5.41, 5.74) is 3.07. The molecule has 0 spiro atoms. The fraction of sp³-hybridized carbons (Fsp3) is 0.300. The van der Waals surface area contributed by atoms with Crippen LogP contribution in [0.5, 0.6) is 0 Å². The number of rotatable bonds is 7. The van der Waals surface area contributed by atoms with E-state index >= 15 is 0 Å². The fourth-order valence-electron chi connectivity index (χ4n) is 5.23. The largest absolute Gasteiger partial charge is 0.469 e. The van der Waals surface area contributed by atoms with Crippen LogP contribution in [-0.2, 0) is 16.2 Å². The summed E-state index contributed by atoms with van der Waals surface area (Å²) in [5, 5.41) is 3.72. The molecule has 3 aromatic carbocycles. The third-order valence-corrected chi connectivity index (χ3v) is 9.13. The SMILES string of the molecule is COCn1c(P(c2ccccc2)c2ccccc2)c(C2=N[C@@H](C(C)C)C(C)(C)O2)c2ccccc21. The molecule has 5 heteroatoms. The molecule has 1 atom stereocenters. The number of fused-ring (bicyclic) bond motifs is 1. The molecule has 0 N–H and O–H groups in total. The quantitative estimate of drug-likeness (QED) is 0.321. The highest BCUT2D eigenvalue weighted by atomic mass is 31.1. The van der Waals surface area contributed by atoms with Crippen LogP contribution >= 0.6 is 7.92 Å². The summed E-state index contributed by atoms with van der Waals surface area (Å²) >= 11 is 0. The summed E-state index contributed by atoms with van der Waals surface area (Å²) in [6.45, 7) is 9.20. The zero-order valence-electron chi connectivity index (χ0n) is 21.1. The molecule has 1 aromatic heterocycles. The van der Waals surface area contributed by atoms with E-state index in [2.05, 4.69) is 117 Å². The van der Waals surface area contributed by atoms with Gasteiger partial charge < -0.3 is 14.0 Å². The van der Waals surface area contributed by atoms with Gasteiger partial charge in [0.25, 0.3) is 0 Å². The number of ether oxygens (including phenoxy) is 2. The number of aromatic nitrogens is 1. The smallest absolute Gasteiger partial charge is 0.220 e. The number of aliphatic imine (C=N–C) groups is 1. The molecule has 0 saturated heterocycles. The molecule has 180 valence electrons. The maximum absolute atomic E-state index is 6.68. The number of methoxy groups -OCH3 is 1. The van der Waals surface area contributed by atoms with Gasteiger partial charge in [-0.3, -0.25) is 0 Å². The average molecular weight is 485 g/mol. The van der Waals surface area contributed by atoms with Crippen LogP contribution in [-0.4, -0.2) is 29.2 Å². The first-order valence-electron chi connectivity index (χ1n) is 12.2. The number of benzene rings is 3. The second-order valence-electron chi connectivity index (χ2n) is 9.90. The molecule has 1 aliphatic rings. The van der Waals surface area contributed by atoms with Crippen LogP contribution in [0.25, 0.3) is 10.9 Å².